The van der Waals surface area contributed by atoms with Crippen LogP contribution < -0.4 is 19.7 Å². The van der Waals surface area contributed by atoms with E-state index < -0.39 is 0 Å². The fourth-order valence-corrected chi connectivity index (χ4v) is 3.29. The number of fused-ring (bicyclic) bond motifs is 1. The first-order valence-corrected chi connectivity index (χ1v) is 8.90. The Kier molecular flexibility index (Phi) is 4.78. The molecular weight excluding hydrogens is 340 g/mol. The zero-order valence-electron chi connectivity index (χ0n) is 15.5. The summed E-state index contributed by atoms with van der Waals surface area (Å²) in [5.41, 5.74) is 3.54. The zero-order chi connectivity index (χ0) is 18.6. The maximum absolute atomic E-state index is 5.43. The van der Waals surface area contributed by atoms with Crippen LogP contribution in [0.4, 0.5) is 17.5 Å². The predicted molar refractivity (Wildman–Crippen MR) is 106 cm³/mol. The molecule has 0 bridgehead atoms. The Labute approximate surface area is 158 Å². The summed E-state index contributed by atoms with van der Waals surface area (Å²) in [7, 11) is 3.28. The molecule has 1 N–H and O–H groups in total. The summed E-state index contributed by atoms with van der Waals surface area (Å²) >= 11 is 0. The Morgan fingerprint density at radius 3 is 2.67 bits per heavy atom. The molecule has 1 aliphatic heterocycles. The van der Waals surface area contributed by atoms with E-state index >= 15 is 0 Å². The largest absolute Gasteiger partial charge is 0.497 e. The van der Waals surface area contributed by atoms with E-state index in [1.165, 1.54) is 11.1 Å². The molecule has 1 aromatic heterocycles. The molecule has 0 fully saturated rings. The average Bonchev–Trinajstić information content (AvgIpc) is 2.73. The Morgan fingerprint density at radius 1 is 1.00 bits per heavy atom. The number of nitrogens with one attached hydrogen (secondary N) is 1. The van der Waals surface area contributed by atoms with E-state index in [4.69, 9.17) is 14.5 Å². The third-order valence-corrected chi connectivity index (χ3v) is 4.73. The maximum atomic E-state index is 5.43. The lowest BCUT2D eigenvalue weighted by Gasteiger charge is -2.29. The molecule has 0 spiro atoms. The van der Waals surface area contributed by atoms with Crippen molar-refractivity contribution in [3.05, 3.63) is 65.9 Å². The maximum Gasteiger partial charge on any atom is 0.227 e. The van der Waals surface area contributed by atoms with Crippen molar-refractivity contribution in [2.45, 2.75) is 13.0 Å². The van der Waals surface area contributed by atoms with Crippen LogP contribution in [0.3, 0.4) is 0 Å². The smallest absolute Gasteiger partial charge is 0.227 e. The summed E-state index contributed by atoms with van der Waals surface area (Å²) in [6.45, 7) is 1.73. The van der Waals surface area contributed by atoms with Crippen LogP contribution in [0.5, 0.6) is 11.5 Å². The molecule has 0 unspecified atom stereocenters. The van der Waals surface area contributed by atoms with Crippen molar-refractivity contribution in [3.63, 3.8) is 0 Å². The lowest BCUT2D eigenvalue weighted by molar-refractivity contribution is 0.405. The quantitative estimate of drug-likeness (QED) is 0.745. The molecule has 0 radical (unpaired) electrons. The Balaban J connectivity index is 1.57. The molecule has 6 heteroatoms. The van der Waals surface area contributed by atoms with Crippen molar-refractivity contribution >= 4 is 17.5 Å². The van der Waals surface area contributed by atoms with E-state index in [1.807, 2.05) is 24.3 Å². The van der Waals surface area contributed by atoms with Crippen molar-refractivity contribution < 1.29 is 9.47 Å². The second-order valence-electron chi connectivity index (χ2n) is 6.37. The van der Waals surface area contributed by atoms with E-state index in [1.54, 1.807) is 20.4 Å². The summed E-state index contributed by atoms with van der Waals surface area (Å²) in [5.74, 6) is 2.91. The van der Waals surface area contributed by atoms with Crippen molar-refractivity contribution in [1.29, 1.82) is 0 Å². The van der Waals surface area contributed by atoms with Gasteiger partial charge in [0, 0.05) is 25.4 Å². The lowest BCUT2D eigenvalue weighted by Crippen LogP contribution is -2.31. The fourth-order valence-electron chi connectivity index (χ4n) is 3.29. The number of nitrogens with zero attached hydrogens (tertiary/aromatic N) is 3. The molecule has 27 heavy (non-hydrogen) atoms. The highest BCUT2D eigenvalue weighted by atomic mass is 16.5. The third kappa shape index (κ3) is 3.65. The molecular formula is C21H22N4O2. The van der Waals surface area contributed by atoms with Crippen molar-refractivity contribution in [3.8, 4) is 11.5 Å². The van der Waals surface area contributed by atoms with E-state index in [-0.39, 0.29) is 0 Å². The van der Waals surface area contributed by atoms with Crippen LogP contribution >= 0.6 is 0 Å². The Morgan fingerprint density at radius 2 is 1.85 bits per heavy atom. The van der Waals surface area contributed by atoms with Crippen molar-refractivity contribution in [2.75, 3.05) is 31.0 Å². The van der Waals surface area contributed by atoms with Gasteiger partial charge in [-0.1, -0.05) is 24.3 Å². The van der Waals surface area contributed by atoms with Crippen molar-refractivity contribution in [2.24, 2.45) is 0 Å². The first kappa shape index (κ1) is 17.1. The number of hydrogen-bond donors (Lipinski definition) is 1. The molecule has 0 atom stereocenters. The van der Waals surface area contributed by atoms with Gasteiger partial charge in [0.15, 0.2) is 0 Å². The number of methoxy groups -OCH3 is 2. The van der Waals surface area contributed by atoms with Crippen LogP contribution in [0.1, 0.15) is 11.1 Å². The highest BCUT2D eigenvalue weighted by Gasteiger charge is 2.18. The van der Waals surface area contributed by atoms with Gasteiger partial charge in [0.1, 0.15) is 17.3 Å². The molecule has 0 aliphatic carbocycles. The highest BCUT2D eigenvalue weighted by Crippen LogP contribution is 2.31. The zero-order valence-corrected chi connectivity index (χ0v) is 15.5. The Bertz CT molecular complexity index is 945. The van der Waals surface area contributed by atoms with Gasteiger partial charge >= 0.3 is 0 Å². The standard InChI is InChI=1S/C21H22N4O2/c1-26-17-7-8-19(27-2)18(13-17)23-20-9-11-22-21(24-20)25-12-10-15-5-3-4-6-16(15)14-25/h3-9,11,13H,10,12,14H2,1-2H3,(H,22,23,24). The van der Waals surface area contributed by atoms with Crippen molar-refractivity contribution in [1.82, 2.24) is 9.97 Å². The normalized spacial score (nSPS) is 13.0. The van der Waals surface area contributed by atoms with E-state index in [9.17, 15) is 0 Å². The molecule has 1 aliphatic rings. The van der Waals surface area contributed by atoms with Gasteiger partial charge in [0.2, 0.25) is 5.95 Å². The number of hydrogen-bond acceptors (Lipinski definition) is 6. The molecule has 138 valence electrons. The van der Waals surface area contributed by atoms with Gasteiger partial charge in [-0.05, 0) is 35.7 Å². The molecule has 0 saturated carbocycles. The molecule has 3 aromatic rings. The summed E-state index contributed by atoms with van der Waals surface area (Å²) in [6, 6.07) is 16.0. The highest BCUT2D eigenvalue weighted by molar-refractivity contribution is 5.66. The lowest BCUT2D eigenvalue weighted by atomic mass is 10.0. The van der Waals surface area contributed by atoms with Gasteiger partial charge in [-0.3, -0.25) is 0 Å². The second-order valence-corrected chi connectivity index (χ2v) is 6.37. The summed E-state index contributed by atoms with van der Waals surface area (Å²) in [5, 5.41) is 3.31. The van der Waals surface area contributed by atoms with Gasteiger partial charge in [0.05, 0.1) is 19.9 Å². The molecule has 6 nitrogen and oxygen atoms in total. The number of anilines is 3. The fraction of sp³-hybridized carbons (Fsp3) is 0.238. The van der Waals surface area contributed by atoms with E-state index in [2.05, 4.69) is 39.5 Å². The average molecular weight is 362 g/mol. The van der Waals surface area contributed by atoms with Gasteiger partial charge in [0.25, 0.3) is 0 Å². The summed E-state index contributed by atoms with van der Waals surface area (Å²) in [4.78, 5) is 11.4. The van der Waals surface area contributed by atoms with E-state index in [0.29, 0.717) is 5.82 Å². The SMILES string of the molecule is COc1ccc(OC)c(Nc2ccnc(N3CCc4ccccc4C3)n2)c1. The summed E-state index contributed by atoms with van der Waals surface area (Å²) in [6.07, 6.45) is 2.78. The number of ether oxygens (including phenoxy) is 2. The monoisotopic (exact) mass is 362 g/mol. The van der Waals surface area contributed by atoms with Gasteiger partial charge in [-0.2, -0.15) is 4.98 Å². The molecule has 0 amide bonds. The van der Waals surface area contributed by atoms with Crippen LogP contribution in [0.15, 0.2) is 54.7 Å². The number of rotatable bonds is 5. The van der Waals surface area contributed by atoms with Gasteiger partial charge in [-0.15, -0.1) is 0 Å². The van der Waals surface area contributed by atoms with Gasteiger partial charge < -0.3 is 19.7 Å². The predicted octanol–water partition coefficient (Wildman–Crippen LogP) is 3.80. The van der Waals surface area contributed by atoms with Crippen LogP contribution in [0, 0.1) is 0 Å². The van der Waals surface area contributed by atoms with Crippen LogP contribution in [-0.4, -0.2) is 30.7 Å². The van der Waals surface area contributed by atoms with Crippen LogP contribution in [0.2, 0.25) is 0 Å². The molecule has 2 aromatic carbocycles. The molecule has 4 rings (SSSR count). The number of benzene rings is 2. The first-order chi connectivity index (χ1) is 13.3. The van der Waals surface area contributed by atoms with Crippen LogP contribution in [0.25, 0.3) is 0 Å². The second kappa shape index (κ2) is 7.53. The first-order valence-electron chi connectivity index (χ1n) is 8.90. The summed E-state index contributed by atoms with van der Waals surface area (Å²) < 4.78 is 10.7. The Hall–Kier alpha value is -3.28. The minimum absolute atomic E-state index is 0.713. The third-order valence-electron chi connectivity index (χ3n) is 4.73. The molecule has 0 saturated heterocycles. The van der Waals surface area contributed by atoms with E-state index in [0.717, 1.165) is 42.6 Å². The topological polar surface area (TPSA) is 59.5 Å². The number of aromatic nitrogens is 2. The minimum atomic E-state index is 0.713. The molecule has 2 heterocycles. The van der Waals surface area contributed by atoms with Crippen LogP contribution in [-0.2, 0) is 13.0 Å². The minimum Gasteiger partial charge on any atom is -0.497 e. The van der Waals surface area contributed by atoms with Gasteiger partial charge in [-0.25, -0.2) is 4.98 Å².